The van der Waals surface area contributed by atoms with E-state index in [-0.39, 0.29) is 6.04 Å². The number of thiazole rings is 1. The number of aryl methyl sites for hydroxylation is 2. The molecule has 0 aromatic carbocycles. The van der Waals surface area contributed by atoms with Crippen LogP contribution in [0.15, 0.2) is 11.7 Å². The fourth-order valence-electron chi connectivity index (χ4n) is 1.73. The maximum absolute atomic E-state index is 6.21. The maximum Gasteiger partial charge on any atom is 0.0847 e. The van der Waals surface area contributed by atoms with E-state index in [9.17, 15) is 0 Å². The number of hydrogen-bond donors (Lipinski definition) is 2. The van der Waals surface area contributed by atoms with Crippen molar-refractivity contribution in [3.8, 4) is 0 Å². The number of hydrogen-bond acceptors (Lipinski definition) is 5. The Labute approximate surface area is 109 Å². The minimum atomic E-state index is 0.00907. The maximum atomic E-state index is 6.21. The third-order valence-corrected chi connectivity index (χ3v) is 4.04. The Morgan fingerprint density at radius 2 is 2.41 bits per heavy atom. The Hall–Kier alpha value is -0.950. The molecule has 2 rings (SSSR count). The van der Waals surface area contributed by atoms with Gasteiger partial charge in [0.15, 0.2) is 0 Å². The molecule has 2 aromatic heterocycles. The van der Waals surface area contributed by atoms with Crippen molar-refractivity contribution in [2.45, 2.75) is 19.4 Å². The zero-order valence-electron chi connectivity index (χ0n) is 9.64. The molecule has 0 aliphatic carbocycles. The number of nitrogens with two attached hydrogens (primary N) is 1. The average Bonchev–Trinajstić information content (AvgIpc) is 2.89. The van der Waals surface area contributed by atoms with Crippen LogP contribution in [0.1, 0.15) is 22.3 Å². The van der Waals surface area contributed by atoms with Crippen molar-refractivity contribution < 1.29 is 0 Å². The lowest BCUT2D eigenvalue weighted by atomic mass is 10.1. The van der Waals surface area contributed by atoms with Gasteiger partial charge in [0.2, 0.25) is 0 Å². The molecule has 92 valence electrons. The van der Waals surface area contributed by atoms with Crippen molar-refractivity contribution in [2.75, 3.05) is 0 Å². The van der Waals surface area contributed by atoms with Gasteiger partial charge < -0.3 is 0 Å². The van der Waals surface area contributed by atoms with E-state index in [1.54, 1.807) is 21.5 Å². The quantitative estimate of drug-likeness (QED) is 0.654. The highest BCUT2D eigenvalue weighted by atomic mass is 35.5. The number of halogens is 1. The molecule has 0 saturated carbocycles. The van der Waals surface area contributed by atoms with Crippen molar-refractivity contribution >= 4 is 22.9 Å². The van der Waals surface area contributed by atoms with E-state index in [1.165, 1.54) is 0 Å². The van der Waals surface area contributed by atoms with Crippen molar-refractivity contribution in [3.05, 3.63) is 33.0 Å². The fraction of sp³-hybridized carbons (Fsp3) is 0.400. The van der Waals surface area contributed by atoms with Crippen LogP contribution in [0.2, 0.25) is 5.02 Å². The third kappa shape index (κ3) is 2.50. The van der Waals surface area contributed by atoms with Gasteiger partial charge in [0, 0.05) is 24.5 Å². The minimum Gasteiger partial charge on any atom is -0.271 e. The molecule has 7 heteroatoms. The molecule has 0 saturated heterocycles. The van der Waals surface area contributed by atoms with Gasteiger partial charge in [-0.2, -0.15) is 5.10 Å². The summed E-state index contributed by atoms with van der Waals surface area (Å²) in [7, 11) is 1.88. The molecule has 2 aromatic rings. The summed E-state index contributed by atoms with van der Waals surface area (Å²) in [5.41, 5.74) is 6.38. The van der Waals surface area contributed by atoms with Crippen molar-refractivity contribution in [3.63, 3.8) is 0 Å². The summed E-state index contributed by atoms with van der Waals surface area (Å²) in [5.74, 6) is 5.57. The predicted octanol–water partition coefficient (Wildman–Crippen LogP) is 1.59. The summed E-state index contributed by atoms with van der Waals surface area (Å²) in [4.78, 5) is 5.14. The Bertz CT molecular complexity index is 493. The second-order valence-electron chi connectivity index (χ2n) is 3.80. The van der Waals surface area contributed by atoms with Gasteiger partial charge in [0.25, 0.3) is 0 Å². The molecule has 1 atom stereocenters. The minimum absolute atomic E-state index is 0.00907. The number of hydrazine groups is 1. The molecule has 0 radical (unpaired) electrons. The molecular weight excluding hydrogens is 258 g/mol. The summed E-state index contributed by atoms with van der Waals surface area (Å²) in [6.07, 6.45) is 2.50. The monoisotopic (exact) mass is 271 g/mol. The van der Waals surface area contributed by atoms with Gasteiger partial charge in [0.05, 0.1) is 28.0 Å². The highest BCUT2D eigenvalue weighted by Crippen LogP contribution is 2.26. The average molecular weight is 272 g/mol. The standard InChI is InChI=1S/C10H14ClN5S/c1-6-10(11)8(16(2)15-6)3-7(14-12)9-4-13-5-17-9/h4-5,7,14H,3,12H2,1-2H3. The number of nitrogens with one attached hydrogen (secondary N) is 1. The van der Waals surface area contributed by atoms with E-state index in [4.69, 9.17) is 17.4 Å². The Balaban J connectivity index is 2.24. The van der Waals surface area contributed by atoms with Gasteiger partial charge in [-0.1, -0.05) is 11.6 Å². The highest BCUT2D eigenvalue weighted by molar-refractivity contribution is 7.09. The number of rotatable bonds is 4. The van der Waals surface area contributed by atoms with E-state index in [1.807, 2.05) is 20.2 Å². The third-order valence-electron chi connectivity index (χ3n) is 2.66. The van der Waals surface area contributed by atoms with Gasteiger partial charge in [0.1, 0.15) is 0 Å². The van der Waals surface area contributed by atoms with Crippen molar-refractivity contribution in [1.82, 2.24) is 20.2 Å². The molecule has 3 N–H and O–H groups in total. The van der Waals surface area contributed by atoms with Gasteiger partial charge in [-0.3, -0.25) is 20.9 Å². The molecule has 1 unspecified atom stereocenters. The predicted molar refractivity (Wildman–Crippen MR) is 68.8 cm³/mol. The summed E-state index contributed by atoms with van der Waals surface area (Å²) in [6.45, 7) is 1.89. The first-order valence-electron chi connectivity index (χ1n) is 5.16. The number of nitrogens with zero attached hydrogens (tertiary/aromatic N) is 3. The van der Waals surface area contributed by atoms with Crippen LogP contribution in [0.5, 0.6) is 0 Å². The lowest BCUT2D eigenvalue weighted by Crippen LogP contribution is -2.29. The van der Waals surface area contributed by atoms with Crippen molar-refractivity contribution in [2.24, 2.45) is 12.9 Å². The Kier molecular flexibility index (Phi) is 3.78. The highest BCUT2D eigenvalue weighted by Gasteiger charge is 2.18. The molecule has 17 heavy (non-hydrogen) atoms. The molecule has 2 heterocycles. The van der Waals surface area contributed by atoms with E-state index in [0.717, 1.165) is 16.3 Å². The van der Waals surface area contributed by atoms with Gasteiger partial charge in [-0.05, 0) is 6.92 Å². The summed E-state index contributed by atoms with van der Waals surface area (Å²) in [6, 6.07) is 0.00907. The fourth-order valence-corrected chi connectivity index (χ4v) is 2.65. The van der Waals surface area contributed by atoms with Gasteiger partial charge in [-0.25, -0.2) is 0 Å². The molecule has 0 bridgehead atoms. The lowest BCUT2D eigenvalue weighted by molar-refractivity contribution is 0.536. The van der Waals surface area contributed by atoms with E-state index in [2.05, 4.69) is 15.5 Å². The van der Waals surface area contributed by atoms with Crippen molar-refractivity contribution in [1.29, 1.82) is 0 Å². The molecule has 0 fully saturated rings. The topological polar surface area (TPSA) is 68.8 Å². The first-order valence-corrected chi connectivity index (χ1v) is 6.41. The lowest BCUT2D eigenvalue weighted by Gasteiger charge is -2.14. The first kappa shape index (κ1) is 12.5. The molecule has 0 aliphatic heterocycles. The second-order valence-corrected chi connectivity index (χ2v) is 5.09. The molecule has 0 amide bonds. The largest absolute Gasteiger partial charge is 0.271 e. The molecular formula is C10H14ClN5S. The van der Waals surface area contributed by atoms with Crippen LogP contribution in [0.3, 0.4) is 0 Å². The molecule has 0 spiro atoms. The van der Waals surface area contributed by atoms with E-state index < -0.39 is 0 Å². The van der Waals surface area contributed by atoms with Crippen LogP contribution in [-0.2, 0) is 13.5 Å². The second kappa shape index (κ2) is 5.14. The summed E-state index contributed by atoms with van der Waals surface area (Å²) in [5, 5.41) is 4.99. The van der Waals surface area contributed by atoms with Crippen LogP contribution in [0, 0.1) is 6.92 Å². The zero-order chi connectivity index (χ0) is 12.4. The SMILES string of the molecule is Cc1nn(C)c(CC(NN)c2cncs2)c1Cl. The van der Waals surface area contributed by atoms with Crippen LogP contribution >= 0.6 is 22.9 Å². The summed E-state index contributed by atoms with van der Waals surface area (Å²) < 4.78 is 1.79. The first-order chi connectivity index (χ1) is 8.13. The normalized spacial score (nSPS) is 12.9. The van der Waals surface area contributed by atoms with Gasteiger partial charge >= 0.3 is 0 Å². The number of aromatic nitrogens is 3. The molecule has 5 nitrogen and oxygen atoms in total. The Morgan fingerprint density at radius 3 is 2.88 bits per heavy atom. The zero-order valence-corrected chi connectivity index (χ0v) is 11.2. The Morgan fingerprint density at radius 1 is 1.65 bits per heavy atom. The summed E-state index contributed by atoms with van der Waals surface area (Å²) >= 11 is 7.78. The van der Waals surface area contributed by atoms with Crippen LogP contribution < -0.4 is 11.3 Å². The van der Waals surface area contributed by atoms with Crippen LogP contribution in [0.25, 0.3) is 0 Å². The van der Waals surface area contributed by atoms with Crippen LogP contribution in [0.4, 0.5) is 0 Å². The van der Waals surface area contributed by atoms with Crippen LogP contribution in [-0.4, -0.2) is 14.8 Å². The smallest absolute Gasteiger partial charge is 0.0847 e. The van der Waals surface area contributed by atoms with E-state index in [0.29, 0.717) is 11.4 Å². The molecule has 0 aliphatic rings. The van der Waals surface area contributed by atoms with E-state index >= 15 is 0 Å². The van der Waals surface area contributed by atoms with Gasteiger partial charge in [-0.15, -0.1) is 11.3 Å².